The van der Waals surface area contributed by atoms with Gasteiger partial charge in [-0.3, -0.25) is 4.79 Å². The van der Waals surface area contributed by atoms with E-state index < -0.39 is 5.91 Å². The number of carbonyl (C=O) groups is 1. The highest BCUT2D eigenvalue weighted by molar-refractivity contribution is 9.10. The SMILES string of the molecule is O=C(Nc1cc(Cl)ccc1O)c1cc(Br)ccc1Cl. The van der Waals surface area contributed by atoms with Gasteiger partial charge in [0, 0.05) is 9.50 Å². The van der Waals surface area contributed by atoms with Crippen molar-refractivity contribution in [3.63, 3.8) is 0 Å². The summed E-state index contributed by atoms with van der Waals surface area (Å²) in [6.45, 7) is 0. The molecule has 0 atom stereocenters. The Balaban J connectivity index is 2.30. The van der Waals surface area contributed by atoms with E-state index >= 15 is 0 Å². The summed E-state index contributed by atoms with van der Waals surface area (Å²) in [6.07, 6.45) is 0. The predicted octanol–water partition coefficient (Wildman–Crippen LogP) is 4.71. The Morgan fingerprint density at radius 1 is 1.16 bits per heavy atom. The van der Waals surface area contributed by atoms with Crippen molar-refractivity contribution in [2.45, 2.75) is 0 Å². The third-order valence-electron chi connectivity index (χ3n) is 2.38. The van der Waals surface area contributed by atoms with Gasteiger partial charge in [0.1, 0.15) is 5.75 Å². The lowest BCUT2D eigenvalue weighted by molar-refractivity contribution is 0.102. The number of hydrogen-bond acceptors (Lipinski definition) is 2. The molecule has 2 aromatic rings. The van der Waals surface area contributed by atoms with Crippen LogP contribution in [-0.4, -0.2) is 11.0 Å². The van der Waals surface area contributed by atoms with Gasteiger partial charge in [-0.05, 0) is 36.4 Å². The van der Waals surface area contributed by atoms with Crippen LogP contribution >= 0.6 is 39.1 Å². The Bertz CT molecular complexity index is 647. The van der Waals surface area contributed by atoms with Crippen LogP contribution in [0.4, 0.5) is 5.69 Å². The van der Waals surface area contributed by atoms with Crippen molar-refractivity contribution < 1.29 is 9.90 Å². The van der Waals surface area contributed by atoms with Crippen molar-refractivity contribution in [1.29, 1.82) is 0 Å². The van der Waals surface area contributed by atoms with Gasteiger partial charge < -0.3 is 10.4 Å². The van der Waals surface area contributed by atoms with E-state index in [1.165, 1.54) is 18.2 Å². The molecule has 0 saturated carbocycles. The summed E-state index contributed by atoms with van der Waals surface area (Å²) >= 11 is 15.0. The Kier molecular flexibility index (Phi) is 4.34. The monoisotopic (exact) mass is 359 g/mol. The zero-order chi connectivity index (χ0) is 14.0. The number of benzene rings is 2. The molecule has 98 valence electrons. The second-order valence-electron chi connectivity index (χ2n) is 3.74. The van der Waals surface area contributed by atoms with Crippen LogP contribution in [0.25, 0.3) is 0 Å². The summed E-state index contributed by atoms with van der Waals surface area (Å²) < 4.78 is 0.734. The van der Waals surface area contributed by atoms with Crippen molar-refractivity contribution in [1.82, 2.24) is 0 Å². The van der Waals surface area contributed by atoms with Gasteiger partial charge in [-0.2, -0.15) is 0 Å². The number of aromatic hydroxyl groups is 1. The van der Waals surface area contributed by atoms with Crippen molar-refractivity contribution in [3.05, 3.63) is 56.5 Å². The molecule has 0 aliphatic carbocycles. The molecule has 0 radical (unpaired) electrons. The van der Waals surface area contributed by atoms with E-state index in [9.17, 15) is 9.90 Å². The predicted molar refractivity (Wildman–Crippen MR) is 80.2 cm³/mol. The Morgan fingerprint density at radius 2 is 1.89 bits per heavy atom. The molecular weight excluding hydrogens is 353 g/mol. The quantitative estimate of drug-likeness (QED) is 0.761. The van der Waals surface area contributed by atoms with Crippen molar-refractivity contribution >= 4 is 50.7 Å². The van der Waals surface area contributed by atoms with E-state index in [1.807, 2.05) is 0 Å². The van der Waals surface area contributed by atoms with Gasteiger partial charge in [-0.25, -0.2) is 0 Å². The van der Waals surface area contributed by atoms with Gasteiger partial charge >= 0.3 is 0 Å². The molecule has 0 saturated heterocycles. The molecule has 0 bridgehead atoms. The average Bonchev–Trinajstić information content (AvgIpc) is 2.36. The molecule has 3 nitrogen and oxygen atoms in total. The lowest BCUT2D eigenvalue weighted by Crippen LogP contribution is -2.12. The summed E-state index contributed by atoms with van der Waals surface area (Å²) in [5.41, 5.74) is 0.531. The summed E-state index contributed by atoms with van der Waals surface area (Å²) in [4.78, 5) is 12.1. The third-order valence-corrected chi connectivity index (χ3v) is 3.44. The number of nitrogens with one attached hydrogen (secondary N) is 1. The first-order valence-corrected chi connectivity index (χ1v) is 6.77. The van der Waals surface area contributed by atoms with E-state index in [0.717, 1.165) is 4.47 Å². The second kappa shape index (κ2) is 5.82. The standard InChI is InChI=1S/C13H8BrCl2NO2/c14-7-1-3-10(16)9(5-7)13(19)17-11-6-8(15)2-4-12(11)18/h1-6,18H,(H,17,19). The fourth-order valence-corrected chi connectivity index (χ4v) is 2.21. The lowest BCUT2D eigenvalue weighted by atomic mass is 10.2. The molecule has 0 spiro atoms. The molecule has 0 fully saturated rings. The normalized spacial score (nSPS) is 10.3. The molecule has 0 aromatic heterocycles. The number of amides is 1. The highest BCUT2D eigenvalue weighted by Gasteiger charge is 2.13. The van der Waals surface area contributed by atoms with Crippen LogP contribution in [0, 0.1) is 0 Å². The van der Waals surface area contributed by atoms with Gasteiger partial charge in [0.2, 0.25) is 0 Å². The van der Waals surface area contributed by atoms with Crippen molar-refractivity contribution in [3.8, 4) is 5.75 Å². The maximum Gasteiger partial charge on any atom is 0.257 e. The fraction of sp³-hybridized carbons (Fsp3) is 0. The average molecular weight is 361 g/mol. The minimum Gasteiger partial charge on any atom is -0.506 e. The molecule has 2 N–H and O–H groups in total. The molecule has 2 rings (SSSR count). The van der Waals surface area contributed by atoms with Gasteiger partial charge in [-0.15, -0.1) is 0 Å². The molecule has 0 aliphatic heterocycles. The van der Waals surface area contributed by atoms with Crippen LogP contribution in [-0.2, 0) is 0 Å². The summed E-state index contributed by atoms with van der Waals surface area (Å²) in [5, 5.41) is 12.9. The molecule has 2 aromatic carbocycles. The first-order chi connectivity index (χ1) is 8.97. The van der Waals surface area contributed by atoms with Gasteiger partial charge in [0.15, 0.2) is 0 Å². The number of carbonyl (C=O) groups excluding carboxylic acids is 1. The number of halogens is 3. The molecule has 0 unspecified atom stereocenters. The Morgan fingerprint density at radius 3 is 2.63 bits per heavy atom. The van der Waals surface area contributed by atoms with E-state index in [-0.39, 0.29) is 11.4 Å². The van der Waals surface area contributed by atoms with Crippen LogP contribution in [0.2, 0.25) is 10.0 Å². The molecule has 0 heterocycles. The molecular formula is C13H8BrCl2NO2. The van der Waals surface area contributed by atoms with Crippen molar-refractivity contribution in [2.24, 2.45) is 0 Å². The largest absolute Gasteiger partial charge is 0.506 e. The molecule has 1 amide bonds. The molecule has 19 heavy (non-hydrogen) atoms. The van der Waals surface area contributed by atoms with Gasteiger partial charge in [-0.1, -0.05) is 39.1 Å². The van der Waals surface area contributed by atoms with Crippen LogP contribution in [0.5, 0.6) is 5.75 Å². The topological polar surface area (TPSA) is 49.3 Å². The fourth-order valence-electron chi connectivity index (χ4n) is 1.47. The highest BCUT2D eigenvalue weighted by Crippen LogP contribution is 2.28. The van der Waals surface area contributed by atoms with E-state index in [0.29, 0.717) is 15.6 Å². The van der Waals surface area contributed by atoms with E-state index in [4.69, 9.17) is 23.2 Å². The zero-order valence-electron chi connectivity index (χ0n) is 9.45. The molecule has 0 aliphatic rings. The zero-order valence-corrected chi connectivity index (χ0v) is 12.6. The number of phenolic OH excluding ortho intramolecular Hbond substituents is 1. The van der Waals surface area contributed by atoms with Crippen LogP contribution < -0.4 is 5.32 Å². The van der Waals surface area contributed by atoms with E-state index in [2.05, 4.69) is 21.2 Å². The van der Waals surface area contributed by atoms with Crippen LogP contribution in [0.15, 0.2) is 40.9 Å². The molecule has 6 heteroatoms. The maximum atomic E-state index is 12.1. The first kappa shape index (κ1) is 14.2. The second-order valence-corrected chi connectivity index (χ2v) is 5.50. The first-order valence-electron chi connectivity index (χ1n) is 5.22. The highest BCUT2D eigenvalue weighted by atomic mass is 79.9. The third kappa shape index (κ3) is 3.41. The van der Waals surface area contributed by atoms with Gasteiger partial charge in [0.05, 0.1) is 16.3 Å². The number of phenols is 1. The summed E-state index contributed by atoms with van der Waals surface area (Å²) in [6, 6.07) is 9.33. The summed E-state index contributed by atoms with van der Waals surface area (Å²) in [5.74, 6) is -0.493. The summed E-state index contributed by atoms with van der Waals surface area (Å²) in [7, 11) is 0. The number of anilines is 1. The maximum absolute atomic E-state index is 12.1. The number of rotatable bonds is 2. The van der Waals surface area contributed by atoms with Crippen LogP contribution in [0.1, 0.15) is 10.4 Å². The smallest absolute Gasteiger partial charge is 0.257 e. The lowest BCUT2D eigenvalue weighted by Gasteiger charge is -2.09. The minimum absolute atomic E-state index is 0.0659. The number of hydrogen-bond donors (Lipinski definition) is 2. The van der Waals surface area contributed by atoms with E-state index in [1.54, 1.807) is 18.2 Å². The minimum atomic E-state index is -0.427. The van der Waals surface area contributed by atoms with Crippen molar-refractivity contribution in [2.75, 3.05) is 5.32 Å². The Labute approximate surface area is 128 Å². The Hall–Kier alpha value is -1.23. The van der Waals surface area contributed by atoms with Gasteiger partial charge in [0.25, 0.3) is 5.91 Å². The van der Waals surface area contributed by atoms with Crippen LogP contribution in [0.3, 0.4) is 0 Å².